The van der Waals surface area contributed by atoms with Crippen molar-refractivity contribution in [2.45, 2.75) is 57.9 Å². The summed E-state index contributed by atoms with van der Waals surface area (Å²) in [5, 5.41) is 16.6. The van der Waals surface area contributed by atoms with E-state index in [1.807, 2.05) is 7.05 Å². The van der Waals surface area contributed by atoms with Crippen LogP contribution in [0.4, 0.5) is 11.6 Å². The first-order chi connectivity index (χ1) is 10.0. The van der Waals surface area contributed by atoms with Crippen LogP contribution < -0.4 is 10.6 Å². The van der Waals surface area contributed by atoms with Gasteiger partial charge in [-0.15, -0.1) is 0 Å². The molecule has 1 aromatic heterocycles. The van der Waals surface area contributed by atoms with E-state index < -0.39 is 0 Å². The van der Waals surface area contributed by atoms with Crippen LogP contribution in [0.3, 0.4) is 0 Å². The molecule has 5 nitrogen and oxygen atoms in total. The molecule has 0 aliphatic heterocycles. The second-order valence-corrected chi connectivity index (χ2v) is 6.64. The summed E-state index contributed by atoms with van der Waals surface area (Å²) in [5.74, 6) is 2.77. The van der Waals surface area contributed by atoms with Crippen LogP contribution in [0.15, 0.2) is 6.33 Å². The Kier molecular flexibility index (Phi) is 5.04. The fraction of sp³-hybridized carbons (Fsp3) is 0.750. The van der Waals surface area contributed by atoms with Crippen molar-refractivity contribution in [2.75, 3.05) is 24.3 Å². The zero-order chi connectivity index (χ0) is 15.5. The minimum atomic E-state index is -0.241. The second-order valence-electron chi connectivity index (χ2n) is 6.64. The molecule has 0 radical (unpaired) electrons. The Bertz CT molecular complexity index is 467. The molecule has 1 aromatic rings. The molecule has 118 valence electrons. The molecule has 0 unspecified atom stereocenters. The summed E-state index contributed by atoms with van der Waals surface area (Å²) >= 11 is 0. The summed E-state index contributed by atoms with van der Waals surface area (Å²) in [6, 6.07) is 0. The molecule has 0 aromatic carbocycles. The SMILES string of the molecule is CNc1ncnc(NC2(CO)CCC(C)CC2)c1C(C)C. The van der Waals surface area contributed by atoms with Gasteiger partial charge >= 0.3 is 0 Å². The van der Waals surface area contributed by atoms with Crippen LogP contribution in [-0.2, 0) is 0 Å². The number of nitrogens with zero attached hydrogens (tertiary/aromatic N) is 2. The number of aliphatic hydroxyl groups excluding tert-OH is 1. The fourth-order valence-electron chi connectivity index (χ4n) is 3.13. The van der Waals surface area contributed by atoms with Gasteiger partial charge in [-0.05, 0) is 37.5 Å². The fourth-order valence-corrected chi connectivity index (χ4v) is 3.13. The number of aromatic nitrogens is 2. The normalized spacial score (nSPS) is 25.9. The molecule has 1 saturated carbocycles. The zero-order valence-corrected chi connectivity index (χ0v) is 13.6. The van der Waals surface area contributed by atoms with Crippen molar-refractivity contribution >= 4 is 11.6 Å². The van der Waals surface area contributed by atoms with E-state index in [9.17, 15) is 5.11 Å². The lowest BCUT2D eigenvalue weighted by molar-refractivity contribution is 0.155. The van der Waals surface area contributed by atoms with Gasteiger partial charge in [0.2, 0.25) is 0 Å². The van der Waals surface area contributed by atoms with Gasteiger partial charge in [0.1, 0.15) is 18.0 Å². The molecule has 1 fully saturated rings. The minimum Gasteiger partial charge on any atom is -0.394 e. The molecule has 0 spiro atoms. The van der Waals surface area contributed by atoms with Crippen molar-refractivity contribution < 1.29 is 5.11 Å². The van der Waals surface area contributed by atoms with Gasteiger partial charge in [-0.3, -0.25) is 0 Å². The highest BCUT2D eigenvalue weighted by atomic mass is 16.3. The molecule has 1 aliphatic carbocycles. The molecule has 0 saturated heterocycles. The Labute approximate surface area is 127 Å². The van der Waals surface area contributed by atoms with Gasteiger partial charge in [0.15, 0.2) is 0 Å². The predicted octanol–water partition coefficient (Wildman–Crippen LogP) is 2.99. The van der Waals surface area contributed by atoms with Gasteiger partial charge in [0.05, 0.1) is 12.1 Å². The van der Waals surface area contributed by atoms with Gasteiger partial charge in [-0.25, -0.2) is 9.97 Å². The highest BCUT2D eigenvalue weighted by molar-refractivity contribution is 5.59. The Hall–Kier alpha value is -1.36. The van der Waals surface area contributed by atoms with E-state index in [-0.39, 0.29) is 12.1 Å². The number of aliphatic hydroxyl groups is 1. The predicted molar refractivity (Wildman–Crippen MR) is 86.7 cm³/mol. The molecule has 1 aliphatic rings. The lowest BCUT2D eigenvalue weighted by Crippen LogP contribution is -2.45. The Morgan fingerprint density at radius 1 is 1.29 bits per heavy atom. The van der Waals surface area contributed by atoms with Crippen LogP contribution in [0.2, 0.25) is 0 Å². The van der Waals surface area contributed by atoms with E-state index in [1.165, 1.54) is 0 Å². The molecule has 2 rings (SSSR count). The van der Waals surface area contributed by atoms with Crippen molar-refractivity contribution in [1.82, 2.24) is 9.97 Å². The maximum absolute atomic E-state index is 9.92. The average molecular weight is 292 g/mol. The van der Waals surface area contributed by atoms with E-state index in [1.54, 1.807) is 6.33 Å². The summed E-state index contributed by atoms with van der Waals surface area (Å²) in [4.78, 5) is 8.75. The third-order valence-corrected chi connectivity index (χ3v) is 4.62. The lowest BCUT2D eigenvalue weighted by Gasteiger charge is -2.39. The van der Waals surface area contributed by atoms with Crippen molar-refractivity contribution in [3.05, 3.63) is 11.9 Å². The van der Waals surface area contributed by atoms with Crippen LogP contribution >= 0.6 is 0 Å². The maximum Gasteiger partial charge on any atom is 0.135 e. The van der Waals surface area contributed by atoms with Crippen LogP contribution in [0.5, 0.6) is 0 Å². The van der Waals surface area contributed by atoms with Crippen LogP contribution in [0.25, 0.3) is 0 Å². The molecule has 3 N–H and O–H groups in total. The van der Waals surface area contributed by atoms with Gasteiger partial charge in [0, 0.05) is 12.6 Å². The number of rotatable bonds is 5. The Morgan fingerprint density at radius 3 is 2.43 bits per heavy atom. The monoisotopic (exact) mass is 292 g/mol. The van der Waals surface area contributed by atoms with E-state index in [0.29, 0.717) is 5.92 Å². The number of nitrogens with one attached hydrogen (secondary N) is 2. The summed E-state index contributed by atoms with van der Waals surface area (Å²) in [6.07, 6.45) is 5.85. The average Bonchev–Trinajstić information content (AvgIpc) is 2.49. The quantitative estimate of drug-likeness (QED) is 0.778. The summed E-state index contributed by atoms with van der Waals surface area (Å²) in [7, 11) is 1.88. The van der Waals surface area contributed by atoms with Gasteiger partial charge in [-0.2, -0.15) is 0 Å². The van der Waals surface area contributed by atoms with Crippen molar-refractivity contribution in [2.24, 2.45) is 5.92 Å². The van der Waals surface area contributed by atoms with E-state index in [0.717, 1.165) is 48.8 Å². The molecule has 5 heteroatoms. The molecule has 0 bridgehead atoms. The van der Waals surface area contributed by atoms with E-state index in [4.69, 9.17) is 0 Å². The van der Waals surface area contributed by atoms with Crippen LogP contribution in [-0.4, -0.2) is 34.3 Å². The lowest BCUT2D eigenvalue weighted by atomic mass is 9.77. The zero-order valence-electron chi connectivity index (χ0n) is 13.6. The molecular formula is C16H28N4O. The first kappa shape index (κ1) is 16.0. The number of hydrogen-bond donors (Lipinski definition) is 3. The number of hydrogen-bond acceptors (Lipinski definition) is 5. The third-order valence-electron chi connectivity index (χ3n) is 4.62. The topological polar surface area (TPSA) is 70.1 Å². The molecule has 1 heterocycles. The summed E-state index contributed by atoms with van der Waals surface area (Å²) < 4.78 is 0. The first-order valence-corrected chi connectivity index (χ1v) is 7.93. The Balaban J connectivity index is 2.29. The van der Waals surface area contributed by atoms with E-state index in [2.05, 4.69) is 41.4 Å². The first-order valence-electron chi connectivity index (χ1n) is 7.93. The maximum atomic E-state index is 9.92. The highest BCUT2D eigenvalue weighted by Gasteiger charge is 2.34. The minimum absolute atomic E-state index is 0.149. The van der Waals surface area contributed by atoms with E-state index >= 15 is 0 Å². The summed E-state index contributed by atoms with van der Waals surface area (Å²) in [5.41, 5.74) is 0.849. The standard InChI is InChI=1S/C16H28N4O/c1-11(2)13-14(17-4)18-10-19-15(13)20-16(9-21)7-5-12(3)6-8-16/h10-12,21H,5-9H2,1-4H3,(H2,17,18,19,20). The summed E-state index contributed by atoms with van der Waals surface area (Å²) in [6.45, 7) is 6.71. The van der Waals surface area contributed by atoms with Crippen molar-refractivity contribution in [3.63, 3.8) is 0 Å². The highest BCUT2D eigenvalue weighted by Crippen LogP contribution is 2.36. The van der Waals surface area contributed by atoms with Crippen molar-refractivity contribution in [3.8, 4) is 0 Å². The molecule has 21 heavy (non-hydrogen) atoms. The largest absolute Gasteiger partial charge is 0.394 e. The Morgan fingerprint density at radius 2 is 1.90 bits per heavy atom. The molecule has 0 atom stereocenters. The van der Waals surface area contributed by atoms with Gasteiger partial charge < -0.3 is 15.7 Å². The molecule has 0 amide bonds. The number of anilines is 2. The van der Waals surface area contributed by atoms with Gasteiger partial charge in [-0.1, -0.05) is 20.8 Å². The van der Waals surface area contributed by atoms with Crippen molar-refractivity contribution in [1.29, 1.82) is 0 Å². The smallest absolute Gasteiger partial charge is 0.135 e. The molecular weight excluding hydrogens is 264 g/mol. The van der Waals surface area contributed by atoms with Crippen LogP contribution in [0, 0.1) is 5.92 Å². The van der Waals surface area contributed by atoms with Crippen LogP contribution in [0.1, 0.15) is 57.9 Å². The second kappa shape index (κ2) is 6.60. The third kappa shape index (κ3) is 3.46. The van der Waals surface area contributed by atoms with Gasteiger partial charge in [0.25, 0.3) is 0 Å².